The van der Waals surface area contributed by atoms with Crippen LogP contribution in [-0.2, 0) is 9.59 Å². The Morgan fingerprint density at radius 1 is 0.576 bits per heavy atom. The van der Waals surface area contributed by atoms with E-state index in [-0.39, 0.29) is 45.1 Å². The molecule has 5 heteroatoms. The molecule has 0 unspecified atom stereocenters. The van der Waals surface area contributed by atoms with E-state index in [4.69, 9.17) is 0 Å². The Balaban J connectivity index is 0. The van der Waals surface area contributed by atoms with E-state index in [0.29, 0.717) is 12.8 Å². The number of carbonyl (C=O) groups excluding carboxylic acids is 2. The monoisotopic (exact) mass is 572 g/mol. The van der Waals surface area contributed by atoms with Crippen LogP contribution >= 0.6 is 0 Å². The predicted octanol–water partition coefficient (Wildman–Crippen LogP) is 6.12. The molecule has 0 aromatic rings. The van der Waals surface area contributed by atoms with Crippen molar-refractivity contribution in [1.29, 1.82) is 0 Å². The summed E-state index contributed by atoms with van der Waals surface area (Å²) in [4.78, 5) is 22.7. The molecule has 0 spiro atoms. The first-order chi connectivity index (χ1) is 15.7. The van der Waals surface area contributed by atoms with Crippen LogP contribution in [0.15, 0.2) is 11.1 Å². The zero-order valence-corrected chi connectivity index (χ0v) is 25.5. The van der Waals surface area contributed by atoms with Crippen molar-refractivity contribution in [3.63, 3.8) is 0 Å². The van der Waals surface area contributed by atoms with Crippen molar-refractivity contribution in [2.24, 2.45) is 11.8 Å². The van der Waals surface area contributed by atoms with E-state index in [1.807, 2.05) is 0 Å². The average molecular weight is 571 g/mol. The molecule has 0 saturated heterocycles. The summed E-state index contributed by atoms with van der Waals surface area (Å²) < 4.78 is 3.14. The van der Waals surface area contributed by atoms with Crippen LogP contribution in [0.5, 0.6) is 0 Å². The first kappa shape index (κ1) is 34.6. The molecule has 0 amide bonds. The van der Waals surface area contributed by atoms with E-state index in [9.17, 15) is 19.8 Å². The van der Waals surface area contributed by atoms with Crippen LogP contribution in [0.25, 0.3) is 0 Å². The number of unbranched alkanes of at least 4 members (excludes halogenated alkanes) is 10. The van der Waals surface area contributed by atoms with Crippen molar-refractivity contribution >= 4 is 33.1 Å². The average Bonchev–Trinajstić information content (AvgIpc) is 2.73. The Bertz CT molecular complexity index is 468. The zero-order valence-electron chi connectivity index (χ0n) is 22.6. The Labute approximate surface area is 215 Å². The van der Waals surface area contributed by atoms with Gasteiger partial charge < -0.3 is 19.8 Å². The van der Waals surface area contributed by atoms with Gasteiger partial charge in [-0.05, 0) is 36.8 Å². The van der Waals surface area contributed by atoms with Crippen molar-refractivity contribution in [1.82, 2.24) is 0 Å². The third kappa shape index (κ3) is 24.4. The fourth-order valence-electron chi connectivity index (χ4n) is 3.58. The largest absolute Gasteiger partial charge is 0.545 e. The summed E-state index contributed by atoms with van der Waals surface area (Å²) in [6, 6.07) is 0. The minimum atomic E-state index is -1.35. The molecule has 4 nitrogen and oxygen atoms in total. The molecule has 0 radical (unpaired) electrons. The molecule has 0 bridgehead atoms. The molecule has 33 heavy (non-hydrogen) atoms. The number of carboxylic acids is 2. The van der Waals surface area contributed by atoms with Gasteiger partial charge in [0.2, 0.25) is 0 Å². The SMILES string of the molecule is CC(C)[CH2][Sn+2][CH2]C(C)C.CCCCCCCCC(C(=O)[O-])=C(CCCCCCCC)C(=O)[O-]. The van der Waals surface area contributed by atoms with E-state index >= 15 is 0 Å². The third-order valence-electron chi connectivity index (χ3n) is 5.52. The molecule has 0 atom stereocenters. The van der Waals surface area contributed by atoms with Gasteiger partial charge in [0, 0.05) is 0 Å². The van der Waals surface area contributed by atoms with Crippen LogP contribution in [0.2, 0.25) is 8.87 Å². The molecule has 0 aliphatic rings. The zero-order chi connectivity index (χ0) is 25.5. The molecule has 0 aromatic heterocycles. The summed E-state index contributed by atoms with van der Waals surface area (Å²) in [5, 5.41) is 22.7. The molecule has 0 heterocycles. The standard InChI is InChI=1S/C20H36O4.2C4H9.Sn/c1-3-5-7-9-11-13-15-17(19(21)22)18(20(23)24)16-14-12-10-8-6-4-2;2*1-4(2)3;/h3-16H2,1-2H3,(H,21,22)(H,23,24);2*4H,1H2,2-3H3;/q;;;+2/p-2. The van der Waals surface area contributed by atoms with Gasteiger partial charge in [0.1, 0.15) is 0 Å². The van der Waals surface area contributed by atoms with E-state index in [0.717, 1.165) is 63.2 Å². The van der Waals surface area contributed by atoms with Crippen molar-refractivity contribution in [2.75, 3.05) is 0 Å². The second-order valence-electron chi connectivity index (χ2n) is 10.0. The van der Waals surface area contributed by atoms with Crippen molar-refractivity contribution in [3.05, 3.63) is 11.1 Å². The number of carboxylic acid groups (broad SMARTS) is 2. The minimum Gasteiger partial charge on any atom is -0.545 e. The summed E-state index contributed by atoms with van der Waals surface area (Å²) in [7, 11) is 0. The molecule has 0 rings (SSSR count). The Kier molecular flexibility index (Phi) is 25.8. The number of carbonyl (C=O) groups is 2. The second kappa shape index (κ2) is 24.6. The molecule has 0 fully saturated rings. The Morgan fingerprint density at radius 2 is 0.879 bits per heavy atom. The third-order valence-corrected chi connectivity index (χ3v) is 11.8. The normalized spacial score (nSPS) is 11.6. The maximum Gasteiger partial charge on any atom is 0.0678 e. The molecule has 0 aliphatic heterocycles. The second-order valence-corrected chi connectivity index (χ2v) is 13.8. The number of aliphatic carboxylic acids is 2. The van der Waals surface area contributed by atoms with Gasteiger partial charge in [-0.15, -0.1) is 0 Å². The van der Waals surface area contributed by atoms with Gasteiger partial charge in [-0.2, -0.15) is 0 Å². The maximum atomic E-state index is 11.3. The first-order valence-corrected chi connectivity index (χ1v) is 17.6. The van der Waals surface area contributed by atoms with Crippen molar-refractivity contribution in [3.8, 4) is 0 Å². The molecule has 192 valence electrons. The maximum absolute atomic E-state index is 11.3. The molecule has 0 N–H and O–H groups in total. The molecular formula is C28H52O4Sn. The van der Waals surface area contributed by atoms with Gasteiger partial charge in [0.15, 0.2) is 0 Å². The summed E-state index contributed by atoms with van der Waals surface area (Å²) in [5.74, 6) is -0.770. The topological polar surface area (TPSA) is 80.3 Å². The van der Waals surface area contributed by atoms with Crippen LogP contribution in [-0.4, -0.2) is 33.1 Å². The minimum absolute atomic E-state index is 0.0564. The van der Waals surface area contributed by atoms with Crippen LogP contribution in [0.4, 0.5) is 0 Å². The van der Waals surface area contributed by atoms with Gasteiger partial charge in [-0.1, -0.05) is 78.1 Å². The molecule has 0 saturated carbocycles. The Hall–Kier alpha value is -0.521. The van der Waals surface area contributed by atoms with Gasteiger partial charge in [-0.3, -0.25) is 0 Å². The van der Waals surface area contributed by atoms with Gasteiger partial charge in [0.05, 0.1) is 11.9 Å². The predicted molar refractivity (Wildman–Crippen MR) is 138 cm³/mol. The van der Waals surface area contributed by atoms with E-state index in [2.05, 4.69) is 41.5 Å². The van der Waals surface area contributed by atoms with Gasteiger partial charge >= 0.3 is 69.5 Å². The fraction of sp³-hybridized carbons (Fsp3) is 0.857. The quantitative estimate of drug-likeness (QED) is 0.100. The Morgan fingerprint density at radius 3 is 1.15 bits per heavy atom. The molecule has 0 aromatic carbocycles. The molecule has 0 aliphatic carbocycles. The summed E-state index contributed by atoms with van der Waals surface area (Å²) >= 11 is 0.0709. The number of hydrogen-bond donors (Lipinski definition) is 0. The van der Waals surface area contributed by atoms with E-state index in [1.165, 1.54) is 12.8 Å². The number of rotatable bonds is 20. The fourth-order valence-corrected chi connectivity index (χ4v) is 7.35. The smallest absolute Gasteiger partial charge is 0.0678 e. The van der Waals surface area contributed by atoms with Crippen LogP contribution in [0.3, 0.4) is 0 Å². The van der Waals surface area contributed by atoms with Crippen molar-refractivity contribution in [2.45, 2.75) is 140 Å². The van der Waals surface area contributed by atoms with Gasteiger partial charge in [0.25, 0.3) is 0 Å². The van der Waals surface area contributed by atoms with E-state index in [1.54, 1.807) is 8.87 Å². The van der Waals surface area contributed by atoms with Crippen LogP contribution in [0, 0.1) is 11.8 Å². The van der Waals surface area contributed by atoms with Crippen molar-refractivity contribution < 1.29 is 19.8 Å². The van der Waals surface area contributed by atoms with Gasteiger partial charge in [-0.25, -0.2) is 0 Å². The first-order valence-electron chi connectivity index (χ1n) is 13.5. The van der Waals surface area contributed by atoms with Crippen LogP contribution < -0.4 is 10.2 Å². The molecular weight excluding hydrogens is 519 g/mol. The van der Waals surface area contributed by atoms with Crippen LogP contribution in [0.1, 0.15) is 131 Å². The number of hydrogen-bond acceptors (Lipinski definition) is 4. The summed E-state index contributed by atoms with van der Waals surface area (Å²) in [6.07, 6.45) is 12.9. The summed E-state index contributed by atoms with van der Waals surface area (Å²) in [5.41, 5.74) is -0.113. The summed E-state index contributed by atoms with van der Waals surface area (Å²) in [6.45, 7) is 13.6. The van der Waals surface area contributed by atoms with E-state index < -0.39 is 11.9 Å².